The average Bonchev–Trinajstić information content (AvgIpc) is 3.18. The molecular weight excluding hydrogens is 385 g/mol. The van der Waals surface area contributed by atoms with Gasteiger partial charge in [0.1, 0.15) is 17.6 Å². The maximum Gasteiger partial charge on any atom is 0.174 e. The number of alkyl halides is 1. The molecule has 30 heavy (non-hydrogen) atoms. The lowest BCUT2D eigenvalue weighted by molar-refractivity contribution is 0.111. The lowest BCUT2D eigenvalue weighted by atomic mass is 9.70. The number of halogens is 1. The number of benzene rings is 1. The molecule has 1 aliphatic carbocycles. The van der Waals surface area contributed by atoms with Gasteiger partial charge in [0.2, 0.25) is 0 Å². The number of nitrogens with zero attached hydrogens (tertiary/aromatic N) is 7. The Kier molecular flexibility index (Phi) is 5.27. The number of aromatic hydroxyl groups is 1. The fourth-order valence-electron chi connectivity index (χ4n) is 3.79. The number of aromatic nitrogens is 7. The summed E-state index contributed by atoms with van der Waals surface area (Å²) in [5.74, 6) is 0.903. The molecule has 1 saturated carbocycles. The van der Waals surface area contributed by atoms with E-state index < -0.39 is 6.17 Å². The van der Waals surface area contributed by atoms with E-state index in [1.807, 2.05) is 13.8 Å². The average molecular weight is 409 g/mol. The minimum atomic E-state index is -0.995. The van der Waals surface area contributed by atoms with Crippen molar-refractivity contribution < 1.29 is 9.50 Å². The predicted molar refractivity (Wildman–Crippen MR) is 109 cm³/mol. The highest BCUT2D eigenvalue weighted by atomic mass is 19.1. The molecule has 0 unspecified atom stereocenters. The zero-order valence-electron chi connectivity index (χ0n) is 17.2. The third-order valence-electron chi connectivity index (χ3n) is 5.85. The fourth-order valence-corrected chi connectivity index (χ4v) is 3.79. The summed E-state index contributed by atoms with van der Waals surface area (Å²) in [7, 11) is 0. The quantitative estimate of drug-likeness (QED) is 0.698. The van der Waals surface area contributed by atoms with Gasteiger partial charge in [-0.1, -0.05) is 13.8 Å². The van der Waals surface area contributed by atoms with Gasteiger partial charge in [-0.15, -0.1) is 25.2 Å². The first kappa shape index (κ1) is 20.1. The minimum Gasteiger partial charge on any atom is -0.507 e. The Morgan fingerprint density at radius 2 is 2.13 bits per heavy atom. The summed E-state index contributed by atoms with van der Waals surface area (Å²) in [5, 5.41) is 30.6. The fraction of sp³-hybridized carbons (Fsp3) is 0.429. The van der Waals surface area contributed by atoms with Crippen LogP contribution in [0.15, 0.2) is 30.0 Å². The summed E-state index contributed by atoms with van der Waals surface area (Å²) in [4.78, 5) is 5.65. The second-order valence-electron chi connectivity index (χ2n) is 7.97. The van der Waals surface area contributed by atoms with Gasteiger partial charge in [0.25, 0.3) is 0 Å². The molecule has 4 rings (SSSR count). The lowest BCUT2D eigenvalue weighted by Crippen LogP contribution is -2.33. The number of aryl methyl sites for hydroxylation is 1. The monoisotopic (exact) mass is 409 g/mol. The molecule has 8 nitrogen and oxygen atoms in total. The largest absolute Gasteiger partial charge is 0.507 e. The van der Waals surface area contributed by atoms with Crippen LogP contribution >= 0.6 is 0 Å². The Balaban J connectivity index is 1.57. The van der Waals surface area contributed by atoms with Gasteiger partial charge in [0.15, 0.2) is 11.6 Å². The van der Waals surface area contributed by atoms with Gasteiger partial charge >= 0.3 is 0 Å². The number of allylic oxidation sites excluding steroid dienone is 1. The highest BCUT2D eigenvalue weighted by molar-refractivity contribution is 5.68. The maximum atomic E-state index is 15.0. The number of hydrogen-bond donors (Lipinski definition) is 1. The van der Waals surface area contributed by atoms with Crippen LogP contribution < -0.4 is 0 Å². The van der Waals surface area contributed by atoms with E-state index in [9.17, 15) is 9.50 Å². The SMILES string of the molecule is CC[C@@]1(C)CCC/C(=C\c2ncc(-c3ccc(-n4nnc(C)n4)cc3O)nn2)[C@@H]1F. The minimum absolute atomic E-state index is 0.000488. The normalized spacial score (nSPS) is 23.1. The van der Waals surface area contributed by atoms with Gasteiger partial charge in [0.05, 0.1) is 11.9 Å². The van der Waals surface area contributed by atoms with E-state index in [4.69, 9.17) is 0 Å². The van der Waals surface area contributed by atoms with Crippen molar-refractivity contribution in [3.05, 3.63) is 41.6 Å². The first-order valence-electron chi connectivity index (χ1n) is 10.0. The molecule has 0 saturated heterocycles. The molecule has 2 heterocycles. The van der Waals surface area contributed by atoms with E-state index in [-0.39, 0.29) is 11.2 Å². The van der Waals surface area contributed by atoms with E-state index in [1.54, 1.807) is 25.1 Å². The molecule has 156 valence electrons. The van der Waals surface area contributed by atoms with Crippen LogP contribution in [0.2, 0.25) is 0 Å². The Hall–Kier alpha value is -3.23. The molecule has 1 aromatic carbocycles. The first-order chi connectivity index (χ1) is 14.4. The zero-order chi connectivity index (χ0) is 21.3. The standard InChI is InChI=1S/C21H24FN7O/c1-4-21(3)9-5-6-14(20(21)22)10-19-23-12-17(25-26-19)16-8-7-15(11-18(16)30)29-27-13(2)24-28-29/h7-8,10-12,20,30H,4-6,9H2,1-3H3/b14-10+/t20-,21-/m0/s1. The number of phenols is 1. The Bertz CT molecular complexity index is 1080. The highest BCUT2D eigenvalue weighted by Crippen LogP contribution is 2.44. The van der Waals surface area contributed by atoms with Crippen molar-refractivity contribution in [1.82, 2.24) is 35.4 Å². The van der Waals surface area contributed by atoms with Gasteiger partial charge in [-0.3, -0.25) is 0 Å². The second kappa shape index (κ2) is 7.89. The third kappa shape index (κ3) is 3.79. The lowest BCUT2D eigenvalue weighted by Gasteiger charge is -2.37. The Labute approximate surface area is 173 Å². The second-order valence-corrected chi connectivity index (χ2v) is 7.97. The van der Waals surface area contributed by atoms with Gasteiger partial charge < -0.3 is 5.11 Å². The first-order valence-corrected chi connectivity index (χ1v) is 10.0. The van der Waals surface area contributed by atoms with Crippen molar-refractivity contribution in [3.8, 4) is 22.7 Å². The van der Waals surface area contributed by atoms with E-state index in [1.165, 1.54) is 17.1 Å². The summed E-state index contributed by atoms with van der Waals surface area (Å²) in [5.41, 5.74) is 1.87. The summed E-state index contributed by atoms with van der Waals surface area (Å²) in [6, 6.07) is 4.96. The molecule has 1 aliphatic rings. The van der Waals surface area contributed by atoms with Crippen LogP contribution in [-0.4, -0.2) is 46.7 Å². The van der Waals surface area contributed by atoms with E-state index in [2.05, 4.69) is 30.6 Å². The molecule has 0 bridgehead atoms. The molecule has 0 spiro atoms. The summed E-state index contributed by atoms with van der Waals surface area (Å²) < 4.78 is 15.0. The van der Waals surface area contributed by atoms with Crippen molar-refractivity contribution in [3.63, 3.8) is 0 Å². The van der Waals surface area contributed by atoms with E-state index in [0.29, 0.717) is 35.0 Å². The van der Waals surface area contributed by atoms with Gasteiger partial charge in [-0.05, 0) is 61.6 Å². The molecule has 1 fully saturated rings. The van der Waals surface area contributed by atoms with Crippen LogP contribution in [0, 0.1) is 12.3 Å². The smallest absolute Gasteiger partial charge is 0.174 e. The molecular formula is C21H24FN7O. The predicted octanol–water partition coefficient (Wildman–Crippen LogP) is 3.85. The topological polar surface area (TPSA) is 102 Å². The Morgan fingerprint density at radius 3 is 2.77 bits per heavy atom. The maximum absolute atomic E-state index is 15.0. The number of rotatable bonds is 4. The molecule has 0 radical (unpaired) electrons. The van der Waals surface area contributed by atoms with Crippen molar-refractivity contribution >= 4 is 6.08 Å². The number of phenolic OH excluding ortho intramolecular Hbond substituents is 1. The van der Waals surface area contributed by atoms with Crippen molar-refractivity contribution in [1.29, 1.82) is 0 Å². The molecule has 1 N–H and O–H groups in total. The Morgan fingerprint density at radius 1 is 1.30 bits per heavy atom. The summed E-state index contributed by atoms with van der Waals surface area (Å²) in [6.45, 7) is 5.76. The summed E-state index contributed by atoms with van der Waals surface area (Å²) in [6.07, 6.45) is 5.59. The molecule has 3 aromatic rings. The van der Waals surface area contributed by atoms with Crippen LogP contribution in [0.25, 0.3) is 23.0 Å². The van der Waals surface area contributed by atoms with Crippen LogP contribution in [0.4, 0.5) is 4.39 Å². The highest BCUT2D eigenvalue weighted by Gasteiger charge is 2.38. The van der Waals surface area contributed by atoms with Crippen LogP contribution in [0.5, 0.6) is 5.75 Å². The third-order valence-corrected chi connectivity index (χ3v) is 5.85. The molecule has 0 aliphatic heterocycles. The summed E-state index contributed by atoms with van der Waals surface area (Å²) >= 11 is 0. The number of hydrogen-bond acceptors (Lipinski definition) is 7. The molecule has 2 atom stereocenters. The van der Waals surface area contributed by atoms with E-state index >= 15 is 0 Å². The van der Waals surface area contributed by atoms with Crippen LogP contribution in [-0.2, 0) is 0 Å². The van der Waals surface area contributed by atoms with Gasteiger partial charge in [-0.2, -0.15) is 0 Å². The van der Waals surface area contributed by atoms with Crippen LogP contribution in [0.1, 0.15) is 51.2 Å². The van der Waals surface area contributed by atoms with E-state index in [0.717, 1.165) is 24.8 Å². The molecule has 2 aromatic heterocycles. The van der Waals surface area contributed by atoms with Crippen LogP contribution in [0.3, 0.4) is 0 Å². The van der Waals surface area contributed by atoms with Crippen molar-refractivity contribution in [2.45, 2.75) is 52.6 Å². The van der Waals surface area contributed by atoms with Gasteiger partial charge in [-0.25, -0.2) is 9.37 Å². The van der Waals surface area contributed by atoms with Crippen molar-refractivity contribution in [2.75, 3.05) is 0 Å². The molecule has 0 amide bonds. The van der Waals surface area contributed by atoms with Gasteiger partial charge in [0, 0.05) is 17.0 Å². The van der Waals surface area contributed by atoms with Crippen molar-refractivity contribution in [2.24, 2.45) is 5.41 Å². The number of tetrazole rings is 1. The molecule has 9 heteroatoms. The zero-order valence-corrected chi connectivity index (χ0v) is 17.2.